The van der Waals surface area contributed by atoms with Gasteiger partial charge in [0.15, 0.2) is 5.65 Å². The van der Waals surface area contributed by atoms with Crippen molar-refractivity contribution >= 4 is 11.2 Å². The number of aromatic nitrogens is 3. The SMILES string of the molecule is Cc1ccc(Cc2nc3cccnc3n2C2CCCCO2)cc1. The van der Waals surface area contributed by atoms with Crippen molar-refractivity contribution in [2.24, 2.45) is 0 Å². The minimum Gasteiger partial charge on any atom is -0.358 e. The molecule has 0 radical (unpaired) electrons. The van der Waals surface area contributed by atoms with Crippen LogP contribution in [0.4, 0.5) is 0 Å². The van der Waals surface area contributed by atoms with E-state index in [9.17, 15) is 0 Å². The van der Waals surface area contributed by atoms with Gasteiger partial charge in [0, 0.05) is 19.2 Å². The van der Waals surface area contributed by atoms with Crippen molar-refractivity contribution in [1.29, 1.82) is 0 Å². The Morgan fingerprint density at radius 1 is 1.17 bits per heavy atom. The van der Waals surface area contributed by atoms with E-state index in [1.165, 1.54) is 17.5 Å². The van der Waals surface area contributed by atoms with E-state index in [0.29, 0.717) is 0 Å². The molecule has 118 valence electrons. The van der Waals surface area contributed by atoms with Crippen molar-refractivity contribution in [3.8, 4) is 0 Å². The van der Waals surface area contributed by atoms with Gasteiger partial charge in [-0.1, -0.05) is 29.8 Å². The lowest BCUT2D eigenvalue weighted by Gasteiger charge is -2.25. The third-order valence-corrected chi connectivity index (χ3v) is 4.45. The van der Waals surface area contributed by atoms with Gasteiger partial charge in [-0.05, 0) is 43.9 Å². The minimum absolute atomic E-state index is 0.0594. The predicted octanol–water partition coefficient (Wildman–Crippen LogP) is 4.03. The number of imidazole rings is 1. The second-order valence-corrected chi connectivity index (χ2v) is 6.23. The Labute approximate surface area is 136 Å². The molecule has 4 rings (SSSR count). The number of hydrogen-bond acceptors (Lipinski definition) is 3. The first-order chi connectivity index (χ1) is 11.3. The smallest absolute Gasteiger partial charge is 0.162 e. The zero-order chi connectivity index (χ0) is 15.6. The lowest BCUT2D eigenvalue weighted by molar-refractivity contribution is -0.0311. The second-order valence-electron chi connectivity index (χ2n) is 6.23. The summed E-state index contributed by atoms with van der Waals surface area (Å²) in [5, 5.41) is 0. The van der Waals surface area contributed by atoms with Gasteiger partial charge in [-0.3, -0.25) is 4.57 Å². The maximum Gasteiger partial charge on any atom is 0.162 e. The molecule has 0 N–H and O–H groups in total. The van der Waals surface area contributed by atoms with Crippen LogP contribution in [0.1, 0.15) is 42.4 Å². The number of ether oxygens (including phenoxy) is 1. The Morgan fingerprint density at radius 3 is 2.83 bits per heavy atom. The minimum atomic E-state index is 0.0594. The molecule has 23 heavy (non-hydrogen) atoms. The fourth-order valence-corrected chi connectivity index (χ4v) is 3.22. The Bertz CT molecular complexity index is 801. The second kappa shape index (κ2) is 6.13. The lowest BCUT2D eigenvalue weighted by Crippen LogP contribution is -2.20. The number of rotatable bonds is 3. The molecule has 0 saturated carbocycles. The van der Waals surface area contributed by atoms with Crippen LogP contribution in [0.25, 0.3) is 11.2 Å². The monoisotopic (exact) mass is 307 g/mol. The Balaban J connectivity index is 1.76. The van der Waals surface area contributed by atoms with Crippen molar-refractivity contribution in [3.63, 3.8) is 0 Å². The molecule has 3 aromatic rings. The third kappa shape index (κ3) is 2.86. The van der Waals surface area contributed by atoms with Crippen LogP contribution in [0.2, 0.25) is 0 Å². The average Bonchev–Trinajstić information content (AvgIpc) is 2.95. The van der Waals surface area contributed by atoms with Crippen LogP contribution >= 0.6 is 0 Å². The van der Waals surface area contributed by atoms with E-state index in [1.54, 1.807) is 0 Å². The van der Waals surface area contributed by atoms with Gasteiger partial charge in [-0.2, -0.15) is 0 Å². The summed E-state index contributed by atoms with van der Waals surface area (Å²) in [4.78, 5) is 9.38. The number of nitrogens with zero attached hydrogens (tertiary/aromatic N) is 3. The molecule has 2 aromatic heterocycles. The molecular formula is C19H21N3O. The fraction of sp³-hybridized carbons (Fsp3) is 0.368. The highest BCUT2D eigenvalue weighted by Crippen LogP contribution is 2.28. The first-order valence-electron chi connectivity index (χ1n) is 8.30. The van der Waals surface area contributed by atoms with Gasteiger partial charge in [0.25, 0.3) is 0 Å². The molecule has 0 amide bonds. The maximum absolute atomic E-state index is 6.01. The van der Waals surface area contributed by atoms with E-state index in [0.717, 1.165) is 42.9 Å². The predicted molar refractivity (Wildman–Crippen MR) is 90.4 cm³/mol. The van der Waals surface area contributed by atoms with Gasteiger partial charge in [0.1, 0.15) is 17.6 Å². The highest BCUT2D eigenvalue weighted by Gasteiger charge is 2.22. The Hall–Kier alpha value is -2.20. The molecule has 4 heteroatoms. The summed E-state index contributed by atoms with van der Waals surface area (Å²) >= 11 is 0. The average molecular weight is 307 g/mol. The van der Waals surface area contributed by atoms with E-state index in [4.69, 9.17) is 9.72 Å². The highest BCUT2D eigenvalue weighted by molar-refractivity contribution is 5.71. The summed E-state index contributed by atoms with van der Waals surface area (Å²) in [6.45, 7) is 2.93. The van der Waals surface area contributed by atoms with Crippen LogP contribution in [0, 0.1) is 6.92 Å². The van der Waals surface area contributed by atoms with Gasteiger partial charge in [0.05, 0.1) is 0 Å². The molecule has 1 aliphatic rings. The van der Waals surface area contributed by atoms with Crippen molar-refractivity contribution < 1.29 is 4.74 Å². The molecule has 3 heterocycles. The highest BCUT2D eigenvalue weighted by atomic mass is 16.5. The van der Waals surface area contributed by atoms with E-state index in [2.05, 4.69) is 40.7 Å². The summed E-state index contributed by atoms with van der Waals surface area (Å²) < 4.78 is 8.21. The molecule has 4 nitrogen and oxygen atoms in total. The molecule has 1 atom stereocenters. The zero-order valence-corrected chi connectivity index (χ0v) is 13.4. The summed E-state index contributed by atoms with van der Waals surface area (Å²) in [6, 6.07) is 12.6. The molecule has 0 bridgehead atoms. The largest absolute Gasteiger partial charge is 0.358 e. The number of hydrogen-bond donors (Lipinski definition) is 0. The van der Waals surface area contributed by atoms with E-state index in [-0.39, 0.29) is 6.23 Å². The fourth-order valence-electron chi connectivity index (χ4n) is 3.22. The van der Waals surface area contributed by atoms with Crippen LogP contribution in [0.5, 0.6) is 0 Å². The van der Waals surface area contributed by atoms with Crippen molar-refractivity contribution in [1.82, 2.24) is 14.5 Å². The topological polar surface area (TPSA) is 39.9 Å². The molecule has 1 fully saturated rings. The standard InChI is InChI=1S/C19H21N3O/c1-14-7-9-15(10-8-14)13-17-21-16-5-4-11-20-19(16)22(17)18-6-2-3-12-23-18/h4-5,7-11,18H,2-3,6,12-13H2,1H3. The van der Waals surface area contributed by atoms with Gasteiger partial charge in [-0.15, -0.1) is 0 Å². The number of benzene rings is 1. The van der Waals surface area contributed by atoms with Gasteiger partial charge in [0.2, 0.25) is 0 Å². The number of pyridine rings is 1. The van der Waals surface area contributed by atoms with E-state index in [1.807, 2.05) is 18.3 Å². The molecule has 0 aliphatic carbocycles. The lowest BCUT2D eigenvalue weighted by atomic mass is 10.1. The van der Waals surface area contributed by atoms with Crippen molar-refractivity contribution in [2.45, 2.75) is 38.8 Å². The number of aryl methyl sites for hydroxylation is 1. The van der Waals surface area contributed by atoms with Crippen molar-refractivity contribution in [3.05, 3.63) is 59.5 Å². The molecular weight excluding hydrogens is 286 g/mol. The van der Waals surface area contributed by atoms with E-state index < -0.39 is 0 Å². The molecule has 0 spiro atoms. The summed E-state index contributed by atoms with van der Waals surface area (Å²) in [6.07, 6.45) is 6.06. The van der Waals surface area contributed by atoms with E-state index >= 15 is 0 Å². The first-order valence-corrected chi connectivity index (χ1v) is 8.30. The summed E-state index contributed by atoms with van der Waals surface area (Å²) in [5.41, 5.74) is 4.42. The third-order valence-electron chi connectivity index (χ3n) is 4.45. The molecule has 1 aliphatic heterocycles. The molecule has 1 saturated heterocycles. The van der Waals surface area contributed by atoms with Gasteiger partial charge in [-0.25, -0.2) is 9.97 Å². The first kappa shape index (κ1) is 14.4. The quantitative estimate of drug-likeness (QED) is 0.733. The normalized spacial score (nSPS) is 18.4. The maximum atomic E-state index is 6.01. The summed E-state index contributed by atoms with van der Waals surface area (Å²) in [7, 11) is 0. The van der Waals surface area contributed by atoms with Gasteiger partial charge < -0.3 is 4.74 Å². The van der Waals surface area contributed by atoms with Gasteiger partial charge >= 0.3 is 0 Å². The Kier molecular flexibility index (Phi) is 3.83. The van der Waals surface area contributed by atoms with Crippen LogP contribution in [0.15, 0.2) is 42.6 Å². The zero-order valence-electron chi connectivity index (χ0n) is 13.4. The molecule has 1 aromatic carbocycles. The Morgan fingerprint density at radius 2 is 2.04 bits per heavy atom. The van der Waals surface area contributed by atoms with Crippen LogP contribution < -0.4 is 0 Å². The summed E-state index contributed by atoms with van der Waals surface area (Å²) in [5.74, 6) is 1.04. The van der Waals surface area contributed by atoms with Crippen molar-refractivity contribution in [2.75, 3.05) is 6.61 Å². The molecule has 1 unspecified atom stereocenters. The van der Waals surface area contributed by atoms with Crippen LogP contribution in [0.3, 0.4) is 0 Å². The van der Waals surface area contributed by atoms with Crippen LogP contribution in [-0.4, -0.2) is 21.1 Å². The van der Waals surface area contributed by atoms with Crippen LogP contribution in [-0.2, 0) is 11.2 Å². The number of fused-ring (bicyclic) bond motifs is 1.